The van der Waals surface area contributed by atoms with Crippen molar-refractivity contribution in [2.75, 3.05) is 14.2 Å². The minimum absolute atomic E-state index is 0.380. The molecular weight excluding hydrogens is 651 g/mol. The molecule has 0 bridgehead atoms. The van der Waals surface area contributed by atoms with Crippen LogP contribution < -0.4 is 14.9 Å². The lowest BCUT2D eigenvalue weighted by atomic mass is 9.80. The lowest BCUT2D eigenvalue weighted by molar-refractivity contribution is 0.00578. The number of rotatable bonds is 6. The van der Waals surface area contributed by atoms with Crippen molar-refractivity contribution in [1.29, 1.82) is 10.5 Å². The molecule has 5 rings (SSSR count). The molecule has 0 saturated carbocycles. The predicted molar refractivity (Wildman–Crippen MR) is 177 cm³/mol. The number of aromatic nitrogens is 2. The van der Waals surface area contributed by atoms with Crippen LogP contribution in [0.2, 0.25) is 0 Å². The molecule has 0 amide bonds. The molecule has 234 valence electrons. The fraction of sp³-hybridized carbons (Fsp3) is 0.235. The Kier molecular flexibility index (Phi) is 12.3. The molecule has 0 unspecified atom stereocenters. The minimum Gasteiger partial charge on any atom is -0.496 e. The average molecular weight is 683 g/mol. The van der Waals surface area contributed by atoms with Gasteiger partial charge in [-0.3, -0.25) is 19.6 Å². The van der Waals surface area contributed by atoms with E-state index in [0.717, 1.165) is 33.6 Å². The molecule has 0 atom stereocenters. The van der Waals surface area contributed by atoms with Gasteiger partial charge in [-0.05, 0) is 92.2 Å². The number of methoxy groups -OCH3 is 2. The molecule has 2 aromatic heterocycles. The van der Waals surface area contributed by atoms with E-state index in [-0.39, 0.29) is 11.2 Å². The van der Waals surface area contributed by atoms with Crippen LogP contribution in [-0.2, 0) is 9.31 Å². The van der Waals surface area contributed by atoms with Gasteiger partial charge < -0.3 is 18.8 Å². The van der Waals surface area contributed by atoms with Gasteiger partial charge in [-0.15, -0.1) is 0 Å². The van der Waals surface area contributed by atoms with Crippen molar-refractivity contribution in [1.82, 2.24) is 9.97 Å². The summed E-state index contributed by atoms with van der Waals surface area (Å²) in [4.78, 5) is 29.4. The summed E-state index contributed by atoms with van der Waals surface area (Å²) in [7, 11) is 2.64. The van der Waals surface area contributed by atoms with Gasteiger partial charge >= 0.3 is 7.12 Å². The van der Waals surface area contributed by atoms with Crippen LogP contribution in [0.15, 0.2) is 77.8 Å². The SMILES string of the molecule is CC1(C)OB(c2cncc(C=O)c2)OC1(C)C.COc1cc(C#N)ccc1-c1cncc(C=O)c1.COc1cc(C#N)ccc1Br. The zero-order chi connectivity index (χ0) is 33.9. The molecule has 46 heavy (non-hydrogen) atoms. The highest BCUT2D eigenvalue weighted by atomic mass is 79.9. The molecule has 1 aliphatic rings. The lowest BCUT2D eigenvalue weighted by Gasteiger charge is -2.32. The number of nitrogens with zero attached hydrogens (tertiary/aromatic N) is 4. The van der Waals surface area contributed by atoms with Crippen molar-refractivity contribution in [3.63, 3.8) is 0 Å². The highest BCUT2D eigenvalue weighted by molar-refractivity contribution is 9.10. The van der Waals surface area contributed by atoms with E-state index in [1.807, 2.05) is 33.8 Å². The number of carbonyl (C=O) groups is 2. The minimum atomic E-state index is -0.465. The Balaban J connectivity index is 0.000000194. The van der Waals surface area contributed by atoms with Crippen LogP contribution in [0, 0.1) is 22.7 Å². The zero-order valence-corrected chi connectivity index (χ0v) is 27.9. The van der Waals surface area contributed by atoms with Crippen LogP contribution in [0.4, 0.5) is 0 Å². The van der Waals surface area contributed by atoms with Crippen molar-refractivity contribution in [2.24, 2.45) is 0 Å². The van der Waals surface area contributed by atoms with Gasteiger partial charge in [0.25, 0.3) is 0 Å². The quantitative estimate of drug-likeness (QED) is 0.176. The Morgan fingerprint density at radius 2 is 1.28 bits per heavy atom. The molecule has 0 spiro atoms. The number of hydrogen-bond donors (Lipinski definition) is 0. The first kappa shape index (κ1) is 35.6. The van der Waals surface area contributed by atoms with Crippen LogP contribution in [0.3, 0.4) is 0 Å². The number of hydrogen-bond acceptors (Lipinski definition) is 10. The fourth-order valence-electron chi connectivity index (χ4n) is 4.05. The van der Waals surface area contributed by atoms with Crippen LogP contribution in [-0.4, -0.2) is 55.1 Å². The third-order valence-electron chi connectivity index (χ3n) is 7.26. The van der Waals surface area contributed by atoms with Crippen LogP contribution in [0.1, 0.15) is 59.5 Å². The monoisotopic (exact) mass is 682 g/mol. The third kappa shape index (κ3) is 8.86. The fourth-order valence-corrected chi connectivity index (χ4v) is 4.46. The van der Waals surface area contributed by atoms with Gasteiger partial charge in [-0.25, -0.2) is 0 Å². The first-order valence-corrected chi connectivity index (χ1v) is 14.7. The molecule has 1 aliphatic heterocycles. The van der Waals surface area contributed by atoms with Gasteiger partial charge in [0.1, 0.15) is 11.5 Å². The number of ether oxygens (including phenoxy) is 2. The van der Waals surface area contributed by atoms with E-state index in [4.69, 9.17) is 29.3 Å². The molecular formula is C34H32BBrN4O6. The van der Waals surface area contributed by atoms with Gasteiger partial charge in [0.15, 0.2) is 12.6 Å². The van der Waals surface area contributed by atoms with E-state index in [2.05, 4.69) is 32.0 Å². The average Bonchev–Trinajstić information content (AvgIpc) is 3.31. The summed E-state index contributed by atoms with van der Waals surface area (Å²) >= 11 is 3.29. The summed E-state index contributed by atoms with van der Waals surface area (Å²) in [5.74, 6) is 1.27. The Hall–Kier alpha value is -4.88. The number of halogens is 1. The summed E-state index contributed by atoms with van der Waals surface area (Å²) < 4.78 is 22.8. The molecule has 0 N–H and O–H groups in total. The van der Waals surface area contributed by atoms with Crippen molar-refractivity contribution in [3.8, 4) is 34.8 Å². The second kappa shape index (κ2) is 15.9. The molecule has 0 aliphatic carbocycles. The Bertz CT molecular complexity index is 1770. The summed E-state index contributed by atoms with van der Waals surface area (Å²) in [5.41, 5.74) is 3.74. The predicted octanol–water partition coefficient (Wildman–Crippen LogP) is 5.96. The van der Waals surface area contributed by atoms with E-state index >= 15 is 0 Å². The summed E-state index contributed by atoms with van der Waals surface area (Å²) in [6, 6.07) is 17.9. The summed E-state index contributed by atoms with van der Waals surface area (Å²) in [6.45, 7) is 7.96. The van der Waals surface area contributed by atoms with E-state index < -0.39 is 7.12 Å². The van der Waals surface area contributed by atoms with E-state index in [1.54, 1.807) is 68.0 Å². The zero-order valence-electron chi connectivity index (χ0n) is 26.3. The Labute approximate surface area is 277 Å². The molecule has 1 saturated heterocycles. The lowest BCUT2D eigenvalue weighted by Crippen LogP contribution is -2.41. The van der Waals surface area contributed by atoms with Crippen molar-refractivity contribution in [3.05, 3.63) is 100 Å². The van der Waals surface area contributed by atoms with Crippen LogP contribution in [0.25, 0.3) is 11.1 Å². The Morgan fingerprint density at radius 3 is 1.83 bits per heavy atom. The molecule has 10 nitrogen and oxygen atoms in total. The first-order valence-electron chi connectivity index (χ1n) is 13.9. The second-order valence-corrected chi connectivity index (χ2v) is 11.7. The van der Waals surface area contributed by atoms with Crippen molar-refractivity contribution < 1.29 is 28.4 Å². The topological polar surface area (TPSA) is 144 Å². The largest absolute Gasteiger partial charge is 0.496 e. The normalized spacial score (nSPS) is 13.8. The molecule has 0 radical (unpaired) electrons. The van der Waals surface area contributed by atoms with Crippen LogP contribution in [0.5, 0.6) is 11.5 Å². The van der Waals surface area contributed by atoms with Gasteiger partial charge in [-0.2, -0.15) is 10.5 Å². The number of nitriles is 2. The molecule has 3 heterocycles. The molecule has 12 heteroatoms. The Morgan fingerprint density at radius 1 is 0.761 bits per heavy atom. The second-order valence-electron chi connectivity index (χ2n) is 10.9. The van der Waals surface area contributed by atoms with E-state index in [0.29, 0.717) is 33.8 Å². The standard InChI is InChI=1S/C14H10N2O2.C12H16BNO3.C8H6BrNO/c1-18-14-5-10(6-15)2-3-13(14)12-4-11(9-17)7-16-8-12;1-11(2)12(3,4)17-13(16-11)10-5-9(8-15)6-14-7-10;1-11-8-4-6(5-10)2-3-7(8)9/h2-5,7-9H,1H3;5-8H,1-4H3;2-4H,1H3. The molecule has 2 aromatic carbocycles. The maximum atomic E-state index is 10.7. The van der Waals surface area contributed by atoms with Crippen molar-refractivity contribution in [2.45, 2.75) is 38.9 Å². The van der Waals surface area contributed by atoms with E-state index in [1.165, 1.54) is 19.5 Å². The summed E-state index contributed by atoms with van der Waals surface area (Å²) in [5, 5.41) is 17.4. The third-order valence-corrected chi connectivity index (χ3v) is 7.91. The van der Waals surface area contributed by atoms with Crippen LogP contribution >= 0.6 is 15.9 Å². The first-order chi connectivity index (χ1) is 21.9. The van der Waals surface area contributed by atoms with Gasteiger partial charge in [0.2, 0.25) is 0 Å². The number of aldehydes is 2. The number of carbonyl (C=O) groups excluding carboxylic acids is 2. The number of benzene rings is 2. The number of pyridine rings is 2. The maximum Gasteiger partial charge on any atom is 0.496 e. The molecule has 4 aromatic rings. The highest BCUT2D eigenvalue weighted by Gasteiger charge is 2.51. The van der Waals surface area contributed by atoms with Gasteiger partial charge in [0, 0.05) is 52.5 Å². The van der Waals surface area contributed by atoms with Gasteiger partial charge in [0.05, 0.1) is 53.2 Å². The van der Waals surface area contributed by atoms with Gasteiger partial charge in [-0.1, -0.05) is 0 Å². The molecule has 1 fully saturated rings. The highest BCUT2D eigenvalue weighted by Crippen LogP contribution is 2.36. The van der Waals surface area contributed by atoms with Crippen molar-refractivity contribution >= 4 is 41.1 Å². The van der Waals surface area contributed by atoms with E-state index in [9.17, 15) is 9.59 Å². The smallest absolute Gasteiger partial charge is 0.496 e. The maximum absolute atomic E-state index is 10.7. The summed E-state index contributed by atoms with van der Waals surface area (Å²) in [6.07, 6.45) is 7.83.